The maximum atomic E-state index is 12.0. The number of alkyl halides is 2. The van der Waals surface area contributed by atoms with E-state index in [0.717, 1.165) is 6.26 Å². The first kappa shape index (κ1) is 20.1. The largest absolute Gasteiger partial charge is 0.347 e. The molecule has 1 aromatic heterocycles. The first-order valence-electron chi connectivity index (χ1n) is 6.97. The molecule has 0 bridgehead atoms. The number of aromatic nitrogens is 1. The van der Waals surface area contributed by atoms with E-state index in [1.165, 1.54) is 18.5 Å². The van der Waals surface area contributed by atoms with Gasteiger partial charge in [-0.1, -0.05) is 11.1 Å². The summed E-state index contributed by atoms with van der Waals surface area (Å²) in [5, 5.41) is 12.4. The molecule has 0 aliphatic heterocycles. The fourth-order valence-corrected chi connectivity index (χ4v) is 2.63. The van der Waals surface area contributed by atoms with Crippen molar-refractivity contribution in [2.24, 2.45) is 0 Å². The van der Waals surface area contributed by atoms with Gasteiger partial charge in [0.1, 0.15) is 4.75 Å². The Hall–Kier alpha value is -1.99. The lowest BCUT2D eigenvalue weighted by Gasteiger charge is -2.24. The second-order valence-electron chi connectivity index (χ2n) is 5.36. The van der Waals surface area contributed by atoms with Gasteiger partial charge in [-0.15, -0.1) is 0 Å². The predicted octanol–water partition coefficient (Wildman–Crippen LogP) is 1.31. The normalized spacial score (nSPS) is 13.9. The highest BCUT2D eigenvalue weighted by Gasteiger charge is 2.43. The number of halogens is 2. The summed E-state index contributed by atoms with van der Waals surface area (Å²) < 4.78 is 50.6. The standard InChI is InChI=1S/C14H18F2N2O5S/c1-14(13(19)17-20,24(2,21)22)8-7-10-9-11(23-18-10)5-3-4-6-12(15)16/h9,12,20H,4,6-8H2,1-2H3,(H,17,19)/t14-/m1/s1. The average molecular weight is 364 g/mol. The molecule has 0 aliphatic carbocycles. The van der Waals surface area contributed by atoms with Crippen LogP contribution in [0.3, 0.4) is 0 Å². The number of hydrogen-bond donors (Lipinski definition) is 2. The summed E-state index contributed by atoms with van der Waals surface area (Å²) in [6.07, 6.45) is -1.91. The topological polar surface area (TPSA) is 110 Å². The molecular weight excluding hydrogens is 346 g/mol. The molecule has 0 saturated carbocycles. The zero-order chi connectivity index (χ0) is 18.4. The van der Waals surface area contributed by atoms with Gasteiger partial charge >= 0.3 is 0 Å². The van der Waals surface area contributed by atoms with Gasteiger partial charge in [-0.05, 0) is 25.7 Å². The molecule has 1 heterocycles. The number of hydrogen-bond acceptors (Lipinski definition) is 6. The first-order chi connectivity index (χ1) is 11.1. The minimum atomic E-state index is -3.79. The Morgan fingerprint density at radius 1 is 1.54 bits per heavy atom. The van der Waals surface area contributed by atoms with Crippen LogP contribution in [0.5, 0.6) is 0 Å². The van der Waals surface area contributed by atoms with E-state index in [1.807, 2.05) is 0 Å². The number of rotatable bonds is 7. The lowest BCUT2D eigenvalue weighted by atomic mass is 10.0. The highest BCUT2D eigenvalue weighted by molar-refractivity contribution is 7.92. The molecule has 2 N–H and O–H groups in total. The van der Waals surface area contributed by atoms with E-state index in [4.69, 9.17) is 9.73 Å². The number of sulfone groups is 1. The van der Waals surface area contributed by atoms with Crippen LogP contribution in [0.25, 0.3) is 0 Å². The van der Waals surface area contributed by atoms with Crippen molar-refractivity contribution in [3.05, 3.63) is 17.5 Å². The lowest BCUT2D eigenvalue weighted by Crippen LogP contribution is -2.49. The first-order valence-corrected chi connectivity index (χ1v) is 8.86. The van der Waals surface area contributed by atoms with Crippen LogP contribution in [0.1, 0.15) is 37.6 Å². The third kappa shape index (κ3) is 5.28. The van der Waals surface area contributed by atoms with Gasteiger partial charge in [-0.3, -0.25) is 10.0 Å². The van der Waals surface area contributed by atoms with E-state index < -0.39 is 26.9 Å². The molecule has 1 atom stereocenters. The van der Waals surface area contributed by atoms with E-state index in [9.17, 15) is 22.0 Å². The van der Waals surface area contributed by atoms with Crippen LogP contribution in [0, 0.1) is 11.8 Å². The molecule has 0 aromatic carbocycles. The SMILES string of the molecule is C[C@@](CCc1cc(C#CCCC(F)F)on1)(C(=O)NO)S(C)(=O)=O. The molecule has 0 spiro atoms. The summed E-state index contributed by atoms with van der Waals surface area (Å²) in [6.45, 7) is 1.19. The summed E-state index contributed by atoms with van der Waals surface area (Å²) in [6, 6.07) is 1.44. The van der Waals surface area contributed by atoms with Crippen molar-refractivity contribution in [1.82, 2.24) is 10.6 Å². The third-order valence-corrected chi connectivity index (χ3v) is 5.54. The Balaban J connectivity index is 2.75. The zero-order valence-corrected chi connectivity index (χ0v) is 14.0. The number of amides is 1. The van der Waals surface area contributed by atoms with Gasteiger partial charge in [-0.25, -0.2) is 22.7 Å². The van der Waals surface area contributed by atoms with Crippen LogP contribution in [0.2, 0.25) is 0 Å². The van der Waals surface area contributed by atoms with Crippen LogP contribution < -0.4 is 5.48 Å². The quantitative estimate of drug-likeness (QED) is 0.429. The van der Waals surface area contributed by atoms with Crippen LogP contribution in [-0.2, 0) is 21.1 Å². The molecule has 0 saturated heterocycles. The molecule has 10 heteroatoms. The number of hydroxylamine groups is 1. The Morgan fingerprint density at radius 2 is 2.21 bits per heavy atom. The van der Waals surface area contributed by atoms with Crippen LogP contribution >= 0.6 is 0 Å². The molecule has 1 rings (SSSR count). The van der Waals surface area contributed by atoms with E-state index in [2.05, 4.69) is 17.0 Å². The van der Waals surface area contributed by atoms with Crippen molar-refractivity contribution < 1.29 is 31.7 Å². The molecular formula is C14H18F2N2O5S. The van der Waals surface area contributed by atoms with Gasteiger partial charge < -0.3 is 4.52 Å². The average Bonchev–Trinajstić information content (AvgIpc) is 2.95. The third-order valence-electron chi connectivity index (χ3n) is 3.52. The summed E-state index contributed by atoms with van der Waals surface area (Å²) >= 11 is 0. The van der Waals surface area contributed by atoms with Crippen LogP contribution in [0.4, 0.5) is 8.78 Å². The minimum absolute atomic E-state index is 0.0104. The molecule has 1 aromatic rings. The van der Waals surface area contributed by atoms with Crippen molar-refractivity contribution in [2.45, 2.75) is 43.8 Å². The van der Waals surface area contributed by atoms with Gasteiger partial charge in [0.05, 0.1) is 5.69 Å². The fourth-order valence-electron chi connectivity index (χ4n) is 1.77. The highest BCUT2D eigenvalue weighted by Crippen LogP contribution is 2.23. The monoisotopic (exact) mass is 364 g/mol. The Kier molecular flexibility index (Phi) is 6.86. The number of carbonyl (C=O) groups excluding carboxylic acids is 1. The molecule has 24 heavy (non-hydrogen) atoms. The zero-order valence-electron chi connectivity index (χ0n) is 13.2. The Labute approximate surface area is 138 Å². The second-order valence-corrected chi connectivity index (χ2v) is 7.80. The smallest absolute Gasteiger partial charge is 0.264 e. The van der Waals surface area contributed by atoms with E-state index in [0.29, 0.717) is 5.69 Å². The van der Waals surface area contributed by atoms with Crippen LogP contribution in [-0.4, -0.2) is 42.1 Å². The van der Waals surface area contributed by atoms with Gasteiger partial charge in [0.2, 0.25) is 12.2 Å². The summed E-state index contributed by atoms with van der Waals surface area (Å²) in [5.41, 5.74) is 1.71. The number of aryl methyl sites for hydroxylation is 1. The minimum Gasteiger partial charge on any atom is -0.347 e. The Morgan fingerprint density at radius 3 is 2.75 bits per heavy atom. The maximum Gasteiger partial charge on any atom is 0.264 e. The molecule has 134 valence electrons. The van der Waals surface area contributed by atoms with Crippen molar-refractivity contribution in [2.75, 3.05) is 6.26 Å². The van der Waals surface area contributed by atoms with E-state index in [-0.39, 0.29) is 31.4 Å². The van der Waals surface area contributed by atoms with E-state index >= 15 is 0 Å². The van der Waals surface area contributed by atoms with Crippen molar-refractivity contribution in [3.63, 3.8) is 0 Å². The van der Waals surface area contributed by atoms with Crippen molar-refractivity contribution >= 4 is 15.7 Å². The predicted molar refractivity (Wildman–Crippen MR) is 80.1 cm³/mol. The Bertz CT molecular complexity index is 736. The van der Waals surface area contributed by atoms with Gasteiger partial charge in [0.15, 0.2) is 9.84 Å². The molecule has 0 radical (unpaired) electrons. The van der Waals surface area contributed by atoms with Gasteiger partial charge in [0, 0.05) is 25.2 Å². The number of carbonyl (C=O) groups is 1. The van der Waals surface area contributed by atoms with Gasteiger partial charge in [-0.2, -0.15) is 0 Å². The summed E-state index contributed by atoms with van der Waals surface area (Å²) in [7, 11) is -3.79. The van der Waals surface area contributed by atoms with Crippen molar-refractivity contribution in [1.29, 1.82) is 0 Å². The molecule has 7 nitrogen and oxygen atoms in total. The maximum absolute atomic E-state index is 12.0. The van der Waals surface area contributed by atoms with Crippen LogP contribution in [0.15, 0.2) is 10.6 Å². The molecule has 0 aliphatic rings. The number of nitrogens with zero attached hydrogens (tertiary/aromatic N) is 1. The second kappa shape index (κ2) is 8.21. The lowest BCUT2D eigenvalue weighted by molar-refractivity contribution is -0.131. The summed E-state index contributed by atoms with van der Waals surface area (Å²) in [5.74, 6) is 4.16. The van der Waals surface area contributed by atoms with Gasteiger partial charge in [0.25, 0.3) is 5.91 Å². The molecule has 0 fully saturated rings. The number of nitrogens with one attached hydrogen (secondary N) is 1. The highest BCUT2D eigenvalue weighted by atomic mass is 32.2. The fraction of sp³-hybridized carbons (Fsp3) is 0.571. The summed E-state index contributed by atoms with van der Waals surface area (Å²) in [4.78, 5) is 11.7. The van der Waals surface area contributed by atoms with Crippen molar-refractivity contribution in [3.8, 4) is 11.8 Å². The molecule has 1 amide bonds. The van der Waals surface area contributed by atoms with E-state index in [1.54, 1.807) is 0 Å². The molecule has 0 unspecified atom stereocenters.